The van der Waals surface area contributed by atoms with E-state index in [-0.39, 0.29) is 5.82 Å². The van der Waals surface area contributed by atoms with Gasteiger partial charge in [0.15, 0.2) is 0 Å². The largest absolute Gasteiger partial charge is 0.206 e. The zero-order valence-electron chi connectivity index (χ0n) is 6.32. The highest BCUT2D eigenvalue weighted by Gasteiger charge is 2.06. The summed E-state index contributed by atoms with van der Waals surface area (Å²) in [4.78, 5) is 0.685. The highest BCUT2D eigenvalue weighted by Crippen LogP contribution is 2.30. The van der Waals surface area contributed by atoms with E-state index in [1.807, 2.05) is 13.2 Å². The van der Waals surface area contributed by atoms with Gasteiger partial charge in [-0.25, -0.2) is 4.39 Å². The number of rotatable bonds is 1. The van der Waals surface area contributed by atoms with E-state index in [0.717, 1.165) is 10.0 Å². The lowest BCUT2D eigenvalue weighted by Crippen LogP contribution is -1.84. The first-order chi connectivity index (χ1) is 5.16. The highest BCUT2D eigenvalue weighted by molar-refractivity contribution is 9.10. The lowest BCUT2D eigenvalue weighted by molar-refractivity contribution is 0.599. The Morgan fingerprint density at radius 1 is 1.45 bits per heavy atom. The molecular weight excluding hydrogens is 227 g/mol. The van der Waals surface area contributed by atoms with Gasteiger partial charge in [-0.3, -0.25) is 0 Å². The quantitative estimate of drug-likeness (QED) is 0.670. The second-order valence-corrected chi connectivity index (χ2v) is 3.82. The number of hydrogen-bond donors (Lipinski definition) is 0. The van der Waals surface area contributed by atoms with E-state index in [1.54, 1.807) is 6.07 Å². The molecule has 0 radical (unpaired) electrons. The summed E-state index contributed by atoms with van der Waals surface area (Å²) in [6.45, 7) is 1.95. The summed E-state index contributed by atoms with van der Waals surface area (Å²) in [5, 5.41) is 0. The molecule has 0 amide bonds. The first kappa shape index (κ1) is 9.07. The topological polar surface area (TPSA) is 0 Å². The van der Waals surface area contributed by atoms with E-state index >= 15 is 0 Å². The molecule has 0 nitrogen and oxygen atoms in total. The van der Waals surface area contributed by atoms with E-state index in [1.165, 1.54) is 17.8 Å². The monoisotopic (exact) mass is 234 g/mol. The smallest absolute Gasteiger partial charge is 0.137 e. The molecule has 0 aliphatic rings. The molecule has 3 heteroatoms. The van der Waals surface area contributed by atoms with E-state index in [9.17, 15) is 4.39 Å². The molecule has 0 aromatic heterocycles. The minimum Gasteiger partial charge on any atom is -0.206 e. The van der Waals surface area contributed by atoms with Crippen molar-refractivity contribution in [3.8, 4) is 0 Å². The Balaban J connectivity index is 3.29. The van der Waals surface area contributed by atoms with Crippen LogP contribution >= 0.6 is 27.7 Å². The molecule has 0 aliphatic heterocycles. The average Bonchev–Trinajstić information content (AvgIpc) is 1.99. The van der Waals surface area contributed by atoms with Gasteiger partial charge in [0.25, 0.3) is 0 Å². The van der Waals surface area contributed by atoms with Crippen molar-refractivity contribution in [1.29, 1.82) is 0 Å². The maximum Gasteiger partial charge on any atom is 0.137 e. The van der Waals surface area contributed by atoms with Gasteiger partial charge >= 0.3 is 0 Å². The predicted octanol–water partition coefficient (Wildman–Crippen LogP) is 3.62. The molecule has 0 atom stereocenters. The number of aryl methyl sites for hydroxylation is 1. The maximum atomic E-state index is 13.0. The summed E-state index contributed by atoms with van der Waals surface area (Å²) in [5.41, 5.74) is 1.07. The van der Waals surface area contributed by atoms with Gasteiger partial charge in [-0.15, -0.1) is 11.8 Å². The molecule has 0 N–H and O–H groups in total. The summed E-state index contributed by atoms with van der Waals surface area (Å²) in [6, 6.07) is 3.26. The zero-order valence-corrected chi connectivity index (χ0v) is 8.72. The Hall–Kier alpha value is -0.0200. The third-order valence-electron chi connectivity index (χ3n) is 1.45. The van der Waals surface area contributed by atoms with Gasteiger partial charge in [0.1, 0.15) is 5.82 Å². The summed E-state index contributed by atoms with van der Waals surface area (Å²) in [7, 11) is 0. The Morgan fingerprint density at radius 2 is 2.09 bits per heavy atom. The van der Waals surface area contributed by atoms with Crippen LogP contribution in [0, 0.1) is 12.7 Å². The normalized spacial score (nSPS) is 10.2. The summed E-state index contributed by atoms with van der Waals surface area (Å²) in [6.07, 6.45) is 1.86. The van der Waals surface area contributed by atoms with Crippen LogP contribution in [0.25, 0.3) is 0 Å². The number of hydrogen-bond acceptors (Lipinski definition) is 1. The van der Waals surface area contributed by atoms with Crippen molar-refractivity contribution in [2.45, 2.75) is 11.8 Å². The molecule has 0 spiro atoms. The van der Waals surface area contributed by atoms with Gasteiger partial charge in [0, 0.05) is 4.47 Å². The average molecular weight is 235 g/mol. The fourth-order valence-electron chi connectivity index (χ4n) is 0.818. The van der Waals surface area contributed by atoms with E-state index < -0.39 is 0 Å². The van der Waals surface area contributed by atoms with Crippen LogP contribution in [0.3, 0.4) is 0 Å². The fraction of sp³-hybridized carbons (Fsp3) is 0.250. The molecule has 1 aromatic rings. The van der Waals surface area contributed by atoms with Crippen molar-refractivity contribution in [1.82, 2.24) is 0 Å². The summed E-state index contributed by atoms with van der Waals surface area (Å²) < 4.78 is 13.8. The maximum absolute atomic E-state index is 13.0. The van der Waals surface area contributed by atoms with Crippen molar-refractivity contribution >= 4 is 27.7 Å². The van der Waals surface area contributed by atoms with Crippen LogP contribution in [0.15, 0.2) is 21.5 Å². The Labute approximate surface area is 78.3 Å². The first-order valence-electron chi connectivity index (χ1n) is 3.15. The Kier molecular flexibility index (Phi) is 2.96. The van der Waals surface area contributed by atoms with E-state index in [2.05, 4.69) is 15.9 Å². The molecular formula is C8H8BrFS. The number of thioether (sulfide) groups is 1. The van der Waals surface area contributed by atoms with Crippen molar-refractivity contribution in [3.63, 3.8) is 0 Å². The number of benzene rings is 1. The van der Waals surface area contributed by atoms with Crippen molar-refractivity contribution in [2.75, 3.05) is 6.26 Å². The highest BCUT2D eigenvalue weighted by atomic mass is 79.9. The lowest BCUT2D eigenvalue weighted by Gasteiger charge is -2.04. The molecule has 1 rings (SSSR count). The van der Waals surface area contributed by atoms with Gasteiger partial charge in [-0.2, -0.15) is 0 Å². The third kappa shape index (κ3) is 1.76. The molecule has 11 heavy (non-hydrogen) atoms. The second kappa shape index (κ2) is 3.59. The van der Waals surface area contributed by atoms with Crippen LogP contribution in [0.2, 0.25) is 0 Å². The van der Waals surface area contributed by atoms with Crippen molar-refractivity contribution in [3.05, 3.63) is 28.0 Å². The van der Waals surface area contributed by atoms with Gasteiger partial charge < -0.3 is 0 Å². The second-order valence-electron chi connectivity index (χ2n) is 2.21. The molecule has 0 unspecified atom stereocenters. The van der Waals surface area contributed by atoms with E-state index in [4.69, 9.17) is 0 Å². The molecule has 0 fully saturated rings. The summed E-state index contributed by atoms with van der Waals surface area (Å²) >= 11 is 4.74. The molecule has 1 aromatic carbocycles. The van der Waals surface area contributed by atoms with Crippen LogP contribution in [0.1, 0.15) is 5.56 Å². The minimum atomic E-state index is -0.157. The van der Waals surface area contributed by atoms with Crippen LogP contribution < -0.4 is 0 Å². The van der Waals surface area contributed by atoms with Gasteiger partial charge in [-0.05, 0) is 40.7 Å². The van der Waals surface area contributed by atoms with Gasteiger partial charge in [-0.1, -0.05) is 6.07 Å². The number of halogens is 2. The fourth-order valence-corrected chi connectivity index (χ4v) is 2.23. The van der Waals surface area contributed by atoms with Gasteiger partial charge in [0.2, 0.25) is 0 Å². The third-order valence-corrected chi connectivity index (χ3v) is 3.54. The predicted molar refractivity (Wildman–Crippen MR) is 50.6 cm³/mol. The van der Waals surface area contributed by atoms with Crippen molar-refractivity contribution < 1.29 is 4.39 Å². The Bertz CT molecular complexity index is 273. The molecule has 0 saturated heterocycles. The summed E-state index contributed by atoms with van der Waals surface area (Å²) in [5.74, 6) is -0.157. The molecule has 0 aliphatic carbocycles. The SMILES string of the molecule is CSc1c(F)ccc(C)c1Br. The van der Waals surface area contributed by atoms with Crippen LogP contribution in [-0.4, -0.2) is 6.26 Å². The van der Waals surface area contributed by atoms with Crippen LogP contribution in [0.4, 0.5) is 4.39 Å². The van der Waals surface area contributed by atoms with Crippen molar-refractivity contribution in [2.24, 2.45) is 0 Å². The standard InChI is InChI=1S/C8H8BrFS/c1-5-3-4-6(10)8(11-2)7(5)9/h3-4H,1-2H3. The minimum absolute atomic E-state index is 0.157. The Morgan fingerprint density at radius 3 is 2.55 bits per heavy atom. The molecule has 0 saturated carbocycles. The zero-order chi connectivity index (χ0) is 8.43. The molecule has 0 heterocycles. The van der Waals surface area contributed by atoms with Crippen LogP contribution in [0.5, 0.6) is 0 Å². The van der Waals surface area contributed by atoms with Gasteiger partial charge in [0.05, 0.1) is 4.90 Å². The van der Waals surface area contributed by atoms with E-state index in [0.29, 0.717) is 4.90 Å². The lowest BCUT2D eigenvalue weighted by atomic mass is 10.2. The first-order valence-corrected chi connectivity index (χ1v) is 5.17. The molecule has 0 bridgehead atoms. The van der Waals surface area contributed by atoms with Crippen LogP contribution in [-0.2, 0) is 0 Å². The molecule has 60 valence electrons.